The van der Waals surface area contributed by atoms with E-state index in [4.69, 9.17) is 0 Å². The zero-order chi connectivity index (χ0) is 32.8. The van der Waals surface area contributed by atoms with E-state index in [1.165, 1.54) is 25.5 Å². The van der Waals surface area contributed by atoms with Crippen LogP contribution in [0.5, 0.6) is 0 Å². The van der Waals surface area contributed by atoms with Crippen LogP contribution in [0.2, 0.25) is 0 Å². The average Bonchev–Trinajstić information content (AvgIpc) is 3.09. The van der Waals surface area contributed by atoms with Crippen LogP contribution in [0.1, 0.15) is 72.4 Å². The number of nitrogens with zero attached hydrogens (tertiary/aromatic N) is 5. The lowest BCUT2D eigenvalue weighted by Crippen LogP contribution is -2.54. The Morgan fingerprint density at radius 3 is 2.22 bits per heavy atom. The van der Waals surface area contributed by atoms with E-state index in [0.717, 1.165) is 62.0 Å². The molecule has 5 rings (SSSR count). The van der Waals surface area contributed by atoms with E-state index in [2.05, 4.69) is 37.1 Å². The zero-order valence-electron chi connectivity index (χ0n) is 28.3. The van der Waals surface area contributed by atoms with Gasteiger partial charge in [-0.15, -0.1) is 0 Å². The van der Waals surface area contributed by atoms with Crippen molar-refractivity contribution >= 4 is 23.2 Å². The van der Waals surface area contributed by atoms with E-state index in [1.807, 2.05) is 51.7 Å². The fourth-order valence-corrected chi connectivity index (χ4v) is 6.28. The molecule has 1 aromatic rings. The Balaban J connectivity index is 0.00000142. The van der Waals surface area contributed by atoms with Crippen molar-refractivity contribution in [1.29, 1.82) is 0 Å². The molecule has 4 aliphatic rings. The Morgan fingerprint density at radius 1 is 0.978 bits per heavy atom. The Bertz CT molecular complexity index is 1180. The first-order valence-corrected chi connectivity index (χ1v) is 17.1. The molecule has 0 bridgehead atoms. The molecule has 0 saturated carbocycles. The van der Waals surface area contributed by atoms with Crippen LogP contribution in [0, 0.1) is 11.7 Å². The molecule has 258 valence electrons. The Kier molecular flexibility index (Phi) is 17.2. The van der Waals surface area contributed by atoms with Gasteiger partial charge >= 0.3 is 0 Å². The summed E-state index contributed by atoms with van der Waals surface area (Å²) in [6.45, 7) is 24.5. The molecular weight excluding hydrogens is 581 g/mol. The summed E-state index contributed by atoms with van der Waals surface area (Å²) in [6, 6.07) is 5.05. The van der Waals surface area contributed by atoms with Crippen molar-refractivity contribution in [3.8, 4) is 0 Å². The Hall–Kier alpha value is -3.08. The number of benzene rings is 1. The highest BCUT2D eigenvalue weighted by Crippen LogP contribution is 2.25. The minimum absolute atomic E-state index is 0. The smallest absolute Gasteiger partial charge is 0.244 e. The van der Waals surface area contributed by atoms with E-state index < -0.39 is 0 Å². The number of hydrazone groups is 1. The minimum atomic E-state index is -0.318. The van der Waals surface area contributed by atoms with Gasteiger partial charge in [0.25, 0.3) is 0 Å². The highest BCUT2D eigenvalue weighted by Gasteiger charge is 2.27. The van der Waals surface area contributed by atoms with Gasteiger partial charge in [-0.05, 0) is 62.0 Å². The van der Waals surface area contributed by atoms with Crippen LogP contribution in [0.25, 0.3) is 5.70 Å². The summed E-state index contributed by atoms with van der Waals surface area (Å²) < 4.78 is 14.9. The first-order valence-electron chi connectivity index (χ1n) is 17.1. The quantitative estimate of drug-likeness (QED) is 0.432. The van der Waals surface area contributed by atoms with Gasteiger partial charge in [-0.1, -0.05) is 53.8 Å². The van der Waals surface area contributed by atoms with E-state index in [9.17, 15) is 14.0 Å². The van der Waals surface area contributed by atoms with Crippen LogP contribution in [0.4, 0.5) is 4.39 Å². The van der Waals surface area contributed by atoms with Crippen molar-refractivity contribution in [1.82, 2.24) is 30.3 Å². The molecule has 0 spiro atoms. The van der Waals surface area contributed by atoms with Crippen molar-refractivity contribution in [2.24, 2.45) is 11.0 Å². The lowest BCUT2D eigenvalue weighted by Gasteiger charge is -2.40. The van der Waals surface area contributed by atoms with Crippen LogP contribution < -0.4 is 10.7 Å². The van der Waals surface area contributed by atoms with Crippen LogP contribution >= 0.6 is 0 Å². The lowest BCUT2D eigenvalue weighted by molar-refractivity contribution is -0.134. The summed E-state index contributed by atoms with van der Waals surface area (Å²) in [5.41, 5.74) is 6.21. The Labute approximate surface area is 277 Å². The van der Waals surface area contributed by atoms with Crippen LogP contribution in [0.15, 0.2) is 41.5 Å². The van der Waals surface area contributed by atoms with Crippen molar-refractivity contribution in [2.45, 2.75) is 67.7 Å². The number of amides is 2. The van der Waals surface area contributed by atoms with Crippen LogP contribution in [0.3, 0.4) is 0 Å². The van der Waals surface area contributed by atoms with Gasteiger partial charge in [-0.3, -0.25) is 14.5 Å². The molecule has 2 amide bonds. The monoisotopic (exact) mass is 641 g/mol. The van der Waals surface area contributed by atoms with E-state index in [0.29, 0.717) is 56.8 Å². The summed E-state index contributed by atoms with van der Waals surface area (Å²) in [5, 5.41) is 7.66. The maximum absolute atomic E-state index is 14.9. The summed E-state index contributed by atoms with van der Waals surface area (Å²) >= 11 is 0. The SMILES string of the molecule is C.C=C(c1cc(CC2=NNC(=O)C/C2=C\C)ccc1F)N1CCN(C(=O)CN2CCN(CC3CCNCC3)CC2)CC1.CC.CC. The molecule has 0 radical (unpaired) electrons. The molecule has 0 atom stereocenters. The largest absolute Gasteiger partial charge is 0.368 e. The second-order valence-electron chi connectivity index (χ2n) is 11.7. The fourth-order valence-electron chi connectivity index (χ4n) is 6.28. The number of rotatable bonds is 8. The first-order chi connectivity index (χ1) is 21.9. The summed E-state index contributed by atoms with van der Waals surface area (Å²) in [5.74, 6) is 0.531. The molecule has 46 heavy (non-hydrogen) atoms. The third-order valence-electron chi connectivity index (χ3n) is 8.91. The predicted octanol–water partition coefficient (Wildman–Crippen LogP) is 4.61. The fraction of sp³-hybridized carbons (Fsp3) is 0.639. The molecule has 3 saturated heterocycles. The van der Waals surface area contributed by atoms with Gasteiger partial charge in [0.05, 0.1) is 18.7 Å². The molecule has 0 aromatic heterocycles. The second-order valence-corrected chi connectivity index (χ2v) is 11.7. The summed E-state index contributed by atoms with van der Waals surface area (Å²) in [4.78, 5) is 33.6. The van der Waals surface area contributed by atoms with Crippen LogP contribution in [-0.2, 0) is 16.0 Å². The van der Waals surface area contributed by atoms with Gasteiger partial charge in [-0.2, -0.15) is 5.10 Å². The molecule has 1 aromatic carbocycles. The van der Waals surface area contributed by atoms with Gasteiger partial charge < -0.3 is 20.0 Å². The number of carbonyl (C=O) groups is 2. The molecule has 9 nitrogen and oxygen atoms in total. The van der Waals surface area contributed by atoms with Gasteiger partial charge in [0.2, 0.25) is 11.8 Å². The molecular formula is C36H60FN7O2. The standard InChI is InChI=1S/C31H44FN7O2.2C2H6.CH4/c1-3-26-20-30(40)35-34-29(26)19-25-4-5-28(32)27(18-25)23(2)38-14-16-39(17-15-38)31(41)22-37-12-10-36(11-13-37)21-24-6-8-33-9-7-24;2*1-2;/h3-5,18,24,33H,2,6-17,19-22H2,1H3,(H,35,40);2*1-2H3;1H4/b26-3+;;;. The third-order valence-corrected chi connectivity index (χ3v) is 8.91. The van der Waals surface area contributed by atoms with Crippen molar-refractivity contribution in [3.63, 3.8) is 0 Å². The third kappa shape index (κ3) is 11.0. The van der Waals surface area contributed by atoms with Gasteiger partial charge in [0.15, 0.2) is 0 Å². The summed E-state index contributed by atoms with van der Waals surface area (Å²) in [6.07, 6.45) is 5.23. The molecule has 4 heterocycles. The molecule has 4 aliphatic heterocycles. The highest BCUT2D eigenvalue weighted by molar-refractivity contribution is 6.07. The number of piperazine rings is 2. The highest BCUT2D eigenvalue weighted by atomic mass is 19.1. The molecule has 10 heteroatoms. The van der Waals surface area contributed by atoms with Crippen LogP contribution in [-0.4, -0.2) is 116 Å². The van der Waals surface area contributed by atoms with Gasteiger partial charge in [-0.25, -0.2) is 9.82 Å². The number of carbonyl (C=O) groups excluding carboxylic acids is 2. The van der Waals surface area contributed by atoms with E-state index in [1.54, 1.807) is 6.07 Å². The topological polar surface area (TPSA) is 83.5 Å². The average molecular weight is 642 g/mol. The van der Waals surface area contributed by atoms with Gasteiger partial charge in [0, 0.05) is 76.6 Å². The second kappa shape index (κ2) is 20.2. The van der Waals surface area contributed by atoms with E-state index in [-0.39, 0.29) is 25.1 Å². The Morgan fingerprint density at radius 2 is 1.59 bits per heavy atom. The first kappa shape index (κ1) is 39.1. The number of hydrogen-bond acceptors (Lipinski definition) is 7. The predicted molar refractivity (Wildman–Crippen MR) is 189 cm³/mol. The number of piperidine rings is 1. The van der Waals surface area contributed by atoms with Crippen molar-refractivity contribution in [3.05, 3.63) is 53.4 Å². The molecule has 0 aliphatic carbocycles. The maximum atomic E-state index is 14.9. The van der Waals surface area contributed by atoms with Crippen molar-refractivity contribution < 1.29 is 14.0 Å². The van der Waals surface area contributed by atoms with E-state index >= 15 is 0 Å². The lowest BCUT2D eigenvalue weighted by atomic mass is 9.96. The molecule has 3 fully saturated rings. The molecule has 2 N–H and O–H groups in total. The number of hydrogen-bond donors (Lipinski definition) is 2. The minimum Gasteiger partial charge on any atom is -0.368 e. The van der Waals surface area contributed by atoms with Crippen molar-refractivity contribution in [2.75, 3.05) is 78.5 Å². The van der Waals surface area contributed by atoms with Gasteiger partial charge in [0.1, 0.15) is 5.82 Å². The number of allylic oxidation sites excluding steroid dienone is 1. The summed E-state index contributed by atoms with van der Waals surface area (Å²) in [7, 11) is 0. The number of halogens is 1. The maximum Gasteiger partial charge on any atom is 0.244 e. The molecule has 0 unspecified atom stereocenters. The normalized spacial score (nSPS) is 20.3. The number of nitrogens with one attached hydrogen (secondary N) is 2. The zero-order valence-corrected chi connectivity index (χ0v) is 28.3.